The van der Waals surface area contributed by atoms with Gasteiger partial charge in [0.1, 0.15) is 10.8 Å². The number of hydrazone groups is 1. The van der Waals surface area contributed by atoms with E-state index < -0.39 is 17.8 Å². The molecule has 2 amide bonds. The molecule has 1 heterocycles. The number of thiophene rings is 1. The number of amides is 2. The van der Waals surface area contributed by atoms with Crippen LogP contribution in [0.5, 0.6) is 5.75 Å². The molecule has 0 fully saturated rings. The molecule has 3 rings (SSSR count). The van der Waals surface area contributed by atoms with Gasteiger partial charge in [0.05, 0.1) is 25.5 Å². The zero-order chi connectivity index (χ0) is 21.5. The summed E-state index contributed by atoms with van der Waals surface area (Å²) < 4.78 is 10.4. The first kappa shape index (κ1) is 21.5. The van der Waals surface area contributed by atoms with Gasteiger partial charge in [0.2, 0.25) is 0 Å². The molecule has 0 saturated carbocycles. The van der Waals surface area contributed by atoms with E-state index >= 15 is 0 Å². The third kappa shape index (κ3) is 4.85. The molecule has 0 atom stereocenters. The second-order valence-electron chi connectivity index (χ2n) is 6.53. The van der Waals surface area contributed by atoms with E-state index in [1.807, 2.05) is 6.07 Å². The molecule has 2 N–H and O–H groups in total. The Morgan fingerprint density at radius 2 is 1.93 bits per heavy atom. The third-order valence-electron chi connectivity index (χ3n) is 4.59. The number of hydrogen-bond acceptors (Lipinski definition) is 7. The van der Waals surface area contributed by atoms with E-state index in [0.29, 0.717) is 21.9 Å². The molecule has 2 aromatic rings. The summed E-state index contributed by atoms with van der Waals surface area (Å²) >= 11 is 1.32. The number of methoxy groups -OCH3 is 1. The number of benzene rings is 1. The lowest BCUT2D eigenvalue weighted by molar-refractivity contribution is -0.136. The minimum atomic E-state index is -0.942. The normalized spacial score (nSPS) is 12.9. The van der Waals surface area contributed by atoms with Crippen LogP contribution >= 0.6 is 11.3 Å². The van der Waals surface area contributed by atoms with E-state index in [0.717, 1.165) is 36.1 Å². The first-order chi connectivity index (χ1) is 14.5. The predicted octanol–water partition coefficient (Wildman–Crippen LogP) is 2.90. The van der Waals surface area contributed by atoms with Gasteiger partial charge in [0, 0.05) is 10.4 Å². The van der Waals surface area contributed by atoms with Crippen molar-refractivity contribution in [2.45, 2.75) is 32.6 Å². The van der Waals surface area contributed by atoms with Crippen molar-refractivity contribution in [3.05, 3.63) is 45.8 Å². The molecular formula is C21H23N3O5S. The molecule has 158 valence electrons. The summed E-state index contributed by atoms with van der Waals surface area (Å²) in [6.07, 6.45) is 4.99. The number of hydrogen-bond donors (Lipinski definition) is 2. The Kier molecular flexibility index (Phi) is 7.18. The fourth-order valence-corrected chi connectivity index (χ4v) is 4.49. The number of carbonyl (C=O) groups excluding carboxylic acids is 3. The molecule has 8 nitrogen and oxygen atoms in total. The lowest BCUT2D eigenvalue weighted by Gasteiger charge is -2.12. The summed E-state index contributed by atoms with van der Waals surface area (Å²) in [6.45, 7) is 1.96. The van der Waals surface area contributed by atoms with Crippen molar-refractivity contribution >= 4 is 40.3 Å². The summed E-state index contributed by atoms with van der Waals surface area (Å²) in [5.74, 6) is -1.75. The number of esters is 1. The molecule has 0 radical (unpaired) electrons. The average molecular weight is 429 g/mol. The number of nitrogens with zero attached hydrogens (tertiary/aromatic N) is 1. The Bertz CT molecular complexity index is 983. The van der Waals surface area contributed by atoms with Gasteiger partial charge in [0.15, 0.2) is 0 Å². The number of fused-ring (bicyclic) bond motifs is 1. The van der Waals surface area contributed by atoms with Crippen molar-refractivity contribution in [3.63, 3.8) is 0 Å². The summed E-state index contributed by atoms with van der Waals surface area (Å²) in [7, 11) is 1.53. The number of anilines is 1. The van der Waals surface area contributed by atoms with Crippen LogP contribution in [0.4, 0.5) is 5.00 Å². The van der Waals surface area contributed by atoms with E-state index in [4.69, 9.17) is 9.47 Å². The van der Waals surface area contributed by atoms with Gasteiger partial charge < -0.3 is 14.8 Å². The topological polar surface area (TPSA) is 106 Å². The number of aryl methyl sites for hydroxylation is 1. The number of carbonyl (C=O) groups is 3. The number of nitrogens with one attached hydrogen (secondary N) is 2. The van der Waals surface area contributed by atoms with Gasteiger partial charge in [0.25, 0.3) is 0 Å². The van der Waals surface area contributed by atoms with E-state index in [-0.39, 0.29) is 6.61 Å². The Morgan fingerprint density at radius 1 is 1.17 bits per heavy atom. The molecule has 1 aromatic carbocycles. The molecule has 30 heavy (non-hydrogen) atoms. The quantitative estimate of drug-likeness (QED) is 0.318. The first-order valence-corrected chi connectivity index (χ1v) is 10.5. The van der Waals surface area contributed by atoms with Crippen molar-refractivity contribution in [2.75, 3.05) is 19.0 Å². The maximum absolute atomic E-state index is 12.4. The van der Waals surface area contributed by atoms with Crippen LogP contribution in [-0.2, 0) is 27.2 Å². The zero-order valence-corrected chi connectivity index (χ0v) is 17.6. The van der Waals surface area contributed by atoms with Crippen LogP contribution in [0.2, 0.25) is 0 Å². The molecule has 9 heteroatoms. The molecule has 1 aromatic heterocycles. The lowest BCUT2D eigenvalue weighted by atomic mass is 9.95. The van der Waals surface area contributed by atoms with Gasteiger partial charge in [-0.1, -0.05) is 12.1 Å². The van der Waals surface area contributed by atoms with Crippen molar-refractivity contribution in [2.24, 2.45) is 5.10 Å². The van der Waals surface area contributed by atoms with Gasteiger partial charge in [-0.15, -0.1) is 11.3 Å². The zero-order valence-electron chi connectivity index (χ0n) is 16.8. The largest absolute Gasteiger partial charge is 0.496 e. The highest BCUT2D eigenvalue weighted by atomic mass is 32.1. The van der Waals surface area contributed by atoms with Crippen LogP contribution in [0.1, 0.15) is 46.1 Å². The molecule has 0 spiro atoms. The van der Waals surface area contributed by atoms with Crippen molar-refractivity contribution in [3.8, 4) is 5.75 Å². The van der Waals surface area contributed by atoms with Crippen LogP contribution < -0.4 is 15.5 Å². The molecule has 0 aliphatic heterocycles. The van der Waals surface area contributed by atoms with E-state index in [1.165, 1.54) is 24.7 Å². The number of ether oxygens (including phenoxy) is 2. The van der Waals surface area contributed by atoms with Crippen LogP contribution in [0.3, 0.4) is 0 Å². The van der Waals surface area contributed by atoms with Gasteiger partial charge in [-0.25, -0.2) is 10.2 Å². The number of para-hydroxylation sites is 1. The second kappa shape index (κ2) is 10.0. The van der Waals surface area contributed by atoms with Crippen molar-refractivity contribution in [1.29, 1.82) is 0 Å². The highest BCUT2D eigenvalue weighted by Gasteiger charge is 2.28. The van der Waals surface area contributed by atoms with Crippen LogP contribution in [0.25, 0.3) is 0 Å². The van der Waals surface area contributed by atoms with Crippen LogP contribution in [0.15, 0.2) is 29.4 Å². The fourth-order valence-electron chi connectivity index (χ4n) is 3.22. The van der Waals surface area contributed by atoms with Gasteiger partial charge in [-0.2, -0.15) is 5.10 Å². The maximum Gasteiger partial charge on any atom is 0.341 e. The molecule has 1 aliphatic carbocycles. The smallest absolute Gasteiger partial charge is 0.341 e. The van der Waals surface area contributed by atoms with Crippen LogP contribution in [0, 0.1) is 0 Å². The van der Waals surface area contributed by atoms with Gasteiger partial charge in [-0.05, 0) is 50.3 Å². The molecular weight excluding hydrogens is 406 g/mol. The highest BCUT2D eigenvalue weighted by Crippen LogP contribution is 2.38. The van der Waals surface area contributed by atoms with Crippen molar-refractivity contribution in [1.82, 2.24) is 5.43 Å². The predicted molar refractivity (Wildman–Crippen MR) is 114 cm³/mol. The Labute approximate surface area is 178 Å². The standard InChI is InChI=1S/C21H23N3O5S/c1-3-29-21(27)17-14-9-5-7-11-16(14)30-20(17)23-18(25)19(26)24-22-12-13-8-4-6-10-15(13)28-2/h4,6,8,10,12H,3,5,7,9,11H2,1-2H3,(H,23,25)(H,24,26). The number of rotatable bonds is 6. The Balaban J connectivity index is 1.71. The highest BCUT2D eigenvalue weighted by molar-refractivity contribution is 7.17. The lowest BCUT2D eigenvalue weighted by Crippen LogP contribution is -2.32. The van der Waals surface area contributed by atoms with Crippen LogP contribution in [-0.4, -0.2) is 37.7 Å². The minimum Gasteiger partial charge on any atom is -0.496 e. The van der Waals surface area contributed by atoms with E-state index in [9.17, 15) is 14.4 Å². The monoisotopic (exact) mass is 429 g/mol. The Morgan fingerprint density at radius 3 is 2.70 bits per heavy atom. The first-order valence-electron chi connectivity index (χ1n) is 9.64. The summed E-state index contributed by atoms with van der Waals surface area (Å²) in [6, 6.07) is 7.12. The summed E-state index contributed by atoms with van der Waals surface area (Å²) in [5, 5.41) is 6.70. The molecule has 0 saturated heterocycles. The van der Waals surface area contributed by atoms with Gasteiger partial charge in [-0.3, -0.25) is 9.59 Å². The molecule has 0 unspecified atom stereocenters. The van der Waals surface area contributed by atoms with Crippen molar-refractivity contribution < 1.29 is 23.9 Å². The Hall–Kier alpha value is -3.20. The summed E-state index contributed by atoms with van der Waals surface area (Å²) in [5.41, 5.74) is 4.11. The SMILES string of the molecule is CCOC(=O)c1c(NC(=O)C(=O)NN=Cc2ccccc2OC)sc2c1CCCC2. The summed E-state index contributed by atoms with van der Waals surface area (Å²) in [4.78, 5) is 38.0. The van der Waals surface area contributed by atoms with E-state index in [2.05, 4.69) is 15.8 Å². The maximum atomic E-state index is 12.4. The van der Waals surface area contributed by atoms with Gasteiger partial charge >= 0.3 is 17.8 Å². The molecule has 0 bridgehead atoms. The minimum absolute atomic E-state index is 0.231. The van der Waals surface area contributed by atoms with E-state index in [1.54, 1.807) is 25.1 Å². The molecule has 1 aliphatic rings. The average Bonchev–Trinajstić information content (AvgIpc) is 3.12. The second-order valence-corrected chi connectivity index (χ2v) is 7.64. The fraction of sp³-hybridized carbons (Fsp3) is 0.333. The third-order valence-corrected chi connectivity index (χ3v) is 5.80.